The van der Waals surface area contributed by atoms with Crippen LogP contribution in [0.4, 0.5) is 17.5 Å². The maximum atomic E-state index is 4.91. The van der Waals surface area contributed by atoms with E-state index in [-0.39, 0.29) is 2.85 Å². The number of aromatic amines is 1. The number of hydrogen-bond acceptors (Lipinski definition) is 8. The largest absolute Gasteiger partial charge is 0.353 e. The first-order valence-corrected chi connectivity index (χ1v) is 12.2. The fourth-order valence-electron chi connectivity index (χ4n) is 4.50. The second-order valence-corrected chi connectivity index (χ2v) is 9.76. The number of nitrogens with zero attached hydrogens (tertiary/aromatic N) is 6. The van der Waals surface area contributed by atoms with Crippen molar-refractivity contribution in [3.05, 3.63) is 54.4 Å². The van der Waals surface area contributed by atoms with Crippen LogP contribution < -0.4 is 10.2 Å². The highest BCUT2D eigenvalue weighted by molar-refractivity contribution is 7.99. The SMILES string of the molecule is Cc1cc(Nc2cc(N3CC(N4CCCC4)C3)nc(Sc3ccc4ncccc4c3)n2)n[nH]1.[HH].[HH]. The average molecular weight is 463 g/mol. The molecule has 0 bridgehead atoms. The molecule has 0 atom stereocenters. The minimum Gasteiger partial charge on any atom is -0.353 e. The molecule has 0 saturated carbocycles. The van der Waals surface area contributed by atoms with Crippen LogP contribution in [-0.2, 0) is 0 Å². The van der Waals surface area contributed by atoms with Crippen LogP contribution in [0.1, 0.15) is 21.4 Å². The quantitative estimate of drug-likeness (QED) is 0.398. The van der Waals surface area contributed by atoms with Crippen molar-refractivity contribution < 1.29 is 2.85 Å². The van der Waals surface area contributed by atoms with Gasteiger partial charge in [-0.05, 0) is 68.9 Å². The zero-order valence-electron chi connectivity index (χ0n) is 18.5. The van der Waals surface area contributed by atoms with Crippen LogP contribution >= 0.6 is 11.8 Å². The van der Waals surface area contributed by atoms with Gasteiger partial charge in [0, 0.05) is 56.3 Å². The van der Waals surface area contributed by atoms with Gasteiger partial charge in [-0.25, -0.2) is 9.97 Å². The average Bonchev–Trinajstić information content (AvgIpc) is 3.45. The van der Waals surface area contributed by atoms with E-state index in [0.29, 0.717) is 6.04 Å². The molecular weight excluding hydrogens is 432 g/mol. The van der Waals surface area contributed by atoms with Crippen LogP contribution in [0, 0.1) is 6.92 Å². The number of aromatic nitrogens is 5. The minimum absolute atomic E-state index is 0. The Morgan fingerprint density at radius 2 is 1.94 bits per heavy atom. The molecule has 0 radical (unpaired) electrons. The number of H-pyrrole nitrogens is 1. The fraction of sp³-hybridized carbons (Fsp3) is 0.333. The highest BCUT2D eigenvalue weighted by Gasteiger charge is 2.34. The summed E-state index contributed by atoms with van der Waals surface area (Å²) in [6.07, 6.45) is 4.46. The van der Waals surface area contributed by atoms with Gasteiger partial charge in [0.2, 0.25) is 0 Å². The Labute approximate surface area is 199 Å². The number of hydrogen-bond donors (Lipinski definition) is 2. The predicted molar refractivity (Wildman–Crippen MR) is 136 cm³/mol. The van der Waals surface area contributed by atoms with Gasteiger partial charge in [0.15, 0.2) is 11.0 Å². The van der Waals surface area contributed by atoms with Crippen molar-refractivity contribution in [2.75, 3.05) is 36.4 Å². The molecule has 3 aromatic heterocycles. The third-order valence-electron chi connectivity index (χ3n) is 6.28. The fourth-order valence-corrected chi connectivity index (χ4v) is 5.32. The summed E-state index contributed by atoms with van der Waals surface area (Å²) in [6.45, 7) is 6.47. The Kier molecular flexibility index (Phi) is 5.35. The van der Waals surface area contributed by atoms with Crippen molar-refractivity contribution in [1.82, 2.24) is 30.0 Å². The van der Waals surface area contributed by atoms with Crippen molar-refractivity contribution >= 4 is 40.1 Å². The Bertz CT molecular complexity index is 1290. The molecule has 6 rings (SSSR count). The van der Waals surface area contributed by atoms with E-state index in [4.69, 9.17) is 9.97 Å². The molecule has 0 amide bonds. The molecule has 1 aromatic carbocycles. The van der Waals surface area contributed by atoms with Gasteiger partial charge < -0.3 is 10.2 Å². The number of nitrogens with one attached hydrogen (secondary N) is 2. The lowest BCUT2D eigenvalue weighted by atomic mass is 10.1. The molecule has 2 fully saturated rings. The van der Waals surface area contributed by atoms with Crippen LogP contribution in [0.25, 0.3) is 10.9 Å². The molecular formula is C24H30N8S. The zero-order valence-corrected chi connectivity index (χ0v) is 19.3. The summed E-state index contributed by atoms with van der Waals surface area (Å²) in [7, 11) is 0. The van der Waals surface area contributed by atoms with E-state index in [2.05, 4.69) is 48.5 Å². The lowest BCUT2D eigenvalue weighted by Crippen LogP contribution is -2.59. The summed E-state index contributed by atoms with van der Waals surface area (Å²) in [5, 5.41) is 12.4. The summed E-state index contributed by atoms with van der Waals surface area (Å²) in [5.41, 5.74) is 1.99. The molecule has 2 N–H and O–H groups in total. The van der Waals surface area contributed by atoms with E-state index in [9.17, 15) is 0 Å². The number of benzene rings is 1. The van der Waals surface area contributed by atoms with E-state index in [1.807, 2.05) is 37.4 Å². The van der Waals surface area contributed by atoms with E-state index in [1.165, 1.54) is 25.9 Å². The monoisotopic (exact) mass is 462 g/mol. The van der Waals surface area contributed by atoms with E-state index in [1.54, 1.807) is 11.8 Å². The molecule has 0 aliphatic carbocycles. The number of anilines is 3. The van der Waals surface area contributed by atoms with Gasteiger partial charge in [0.25, 0.3) is 0 Å². The van der Waals surface area contributed by atoms with Gasteiger partial charge in [0.05, 0.1) is 5.52 Å². The normalized spacial score (nSPS) is 16.9. The van der Waals surface area contributed by atoms with Gasteiger partial charge in [-0.15, -0.1) is 0 Å². The van der Waals surface area contributed by atoms with Crippen molar-refractivity contribution in [1.29, 1.82) is 0 Å². The Hall–Kier alpha value is -3.17. The third-order valence-corrected chi connectivity index (χ3v) is 7.14. The van der Waals surface area contributed by atoms with E-state index >= 15 is 0 Å². The Morgan fingerprint density at radius 3 is 2.76 bits per heavy atom. The highest BCUT2D eigenvalue weighted by atomic mass is 32.2. The van der Waals surface area contributed by atoms with Crippen LogP contribution in [0.15, 0.2) is 58.7 Å². The molecule has 9 heteroatoms. The van der Waals surface area contributed by atoms with Gasteiger partial charge in [-0.3, -0.25) is 15.0 Å². The van der Waals surface area contributed by atoms with Crippen molar-refractivity contribution in [3.8, 4) is 0 Å². The molecule has 2 aliphatic heterocycles. The first-order chi connectivity index (χ1) is 16.2. The molecule has 0 spiro atoms. The van der Waals surface area contributed by atoms with Crippen molar-refractivity contribution in [3.63, 3.8) is 0 Å². The second-order valence-electron chi connectivity index (χ2n) is 8.72. The van der Waals surface area contributed by atoms with Crippen LogP contribution in [0.3, 0.4) is 0 Å². The van der Waals surface area contributed by atoms with E-state index in [0.717, 1.165) is 57.2 Å². The molecule has 172 valence electrons. The van der Waals surface area contributed by atoms with E-state index < -0.39 is 0 Å². The number of likely N-dealkylation sites (tertiary alicyclic amines) is 1. The summed E-state index contributed by atoms with van der Waals surface area (Å²) < 4.78 is 0. The standard InChI is InChI=1S/C24H26N8S.2H2/c1-16-11-22(30-29-16)26-21-13-23(32-14-18(15-32)31-9-2-3-10-31)28-24(27-21)33-19-6-7-20-17(12-19)5-4-8-25-20;;/h4-8,11-13,18H,2-3,9-10,14-15H2,1H3,(H2,26,27,28,29,30);2*1H. The van der Waals surface area contributed by atoms with Gasteiger partial charge in [0.1, 0.15) is 11.6 Å². The Balaban J connectivity index is 0.00000144. The summed E-state index contributed by atoms with van der Waals surface area (Å²) >= 11 is 1.57. The van der Waals surface area contributed by atoms with Crippen LogP contribution in [-0.4, -0.2) is 62.3 Å². The smallest absolute Gasteiger partial charge is 0.196 e. The second kappa shape index (κ2) is 8.64. The van der Waals surface area contributed by atoms with Crippen molar-refractivity contribution in [2.45, 2.75) is 35.9 Å². The molecule has 2 saturated heterocycles. The first kappa shape index (κ1) is 20.4. The molecule has 4 aromatic rings. The molecule has 0 unspecified atom stereocenters. The van der Waals surface area contributed by atoms with Crippen LogP contribution in [0.2, 0.25) is 0 Å². The highest BCUT2D eigenvalue weighted by Crippen LogP contribution is 2.32. The summed E-state index contributed by atoms with van der Waals surface area (Å²) in [5.74, 6) is 2.46. The maximum absolute atomic E-state index is 4.91. The molecule has 5 heterocycles. The van der Waals surface area contributed by atoms with Gasteiger partial charge in [-0.2, -0.15) is 5.10 Å². The number of pyridine rings is 1. The Morgan fingerprint density at radius 1 is 1.06 bits per heavy atom. The number of aryl methyl sites for hydroxylation is 1. The minimum atomic E-state index is 0. The first-order valence-electron chi connectivity index (χ1n) is 11.4. The lowest BCUT2D eigenvalue weighted by Gasteiger charge is -2.44. The third kappa shape index (κ3) is 4.38. The van der Waals surface area contributed by atoms with Crippen LogP contribution in [0.5, 0.6) is 0 Å². The van der Waals surface area contributed by atoms with Crippen molar-refractivity contribution in [2.24, 2.45) is 0 Å². The number of rotatable bonds is 6. The predicted octanol–water partition coefficient (Wildman–Crippen LogP) is 4.73. The maximum Gasteiger partial charge on any atom is 0.196 e. The molecule has 33 heavy (non-hydrogen) atoms. The molecule has 2 aliphatic rings. The summed E-state index contributed by atoms with van der Waals surface area (Å²) in [4.78, 5) is 20.2. The molecule has 8 nitrogen and oxygen atoms in total. The summed E-state index contributed by atoms with van der Waals surface area (Å²) in [6, 6.07) is 14.9. The van der Waals surface area contributed by atoms with Gasteiger partial charge in [-0.1, -0.05) is 6.07 Å². The van der Waals surface area contributed by atoms with Gasteiger partial charge >= 0.3 is 0 Å². The number of fused-ring (bicyclic) bond motifs is 1. The topological polar surface area (TPSA) is 85.9 Å². The zero-order chi connectivity index (χ0) is 22.2. The lowest BCUT2D eigenvalue weighted by molar-refractivity contribution is 0.204.